The van der Waals surface area contributed by atoms with Gasteiger partial charge >= 0.3 is 0 Å². The Morgan fingerprint density at radius 2 is 1.86 bits per heavy atom. The van der Waals surface area contributed by atoms with Gasteiger partial charge in [-0.25, -0.2) is 0 Å². The number of hydrogen-bond donors (Lipinski definition) is 0. The SMILES string of the molecule is CC1CCc2ccccc2N1CC(C#N)c1ccccc1. The number of benzene rings is 2. The number of hydrogen-bond acceptors (Lipinski definition) is 2. The van der Waals surface area contributed by atoms with Crippen molar-refractivity contribution in [3.8, 4) is 6.07 Å². The van der Waals surface area contributed by atoms with E-state index in [9.17, 15) is 5.26 Å². The van der Waals surface area contributed by atoms with Crippen LogP contribution in [0.1, 0.15) is 30.4 Å². The van der Waals surface area contributed by atoms with Gasteiger partial charge in [0.1, 0.15) is 0 Å². The molecule has 3 rings (SSSR count). The van der Waals surface area contributed by atoms with Crippen LogP contribution < -0.4 is 4.90 Å². The highest BCUT2D eigenvalue weighted by Gasteiger charge is 2.25. The van der Waals surface area contributed by atoms with Gasteiger partial charge in [0, 0.05) is 18.3 Å². The maximum atomic E-state index is 9.57. The molecule has 1 aliphatic heterocycles. The third-order valence-corrected chi connectivity index (χ3v) is 4.40. The van der Waals surface area contributed by atoms with Gasteiger partial charge in [-0.15, -0.1) is 0 Å². The van der Waals surface area contributed by atoms with E-state index in [2.05, 4.69) is 54.3 Å². The minimum Gasteiger partial charge on any atom is -0.367 e. The second-order valence-electron chi connectivity index (χ2n) is 5.76. The van der Waals surface area contributed by atoms with E-state index in [1.54, 1.807) is 0 Å². The van der Waals surface area contributed by atoms with Crippen LogP contribution in [0.5, 0.6) is 0 Å². The molecule has 2 nitrogen and oxygen atoms in total. The molecule has 2 atom stereocenters. The highest BCUT2D eigenvalue weighted by atomic mass is 15.2. The molecule has 2 unspecified atom stereocenters. The average molecular weight is 276 g/mol. The van der Waals surface area contributed by atoms with E-state index in [1.807, 2.05) is 18.2 Å². The molecule has 0 amide bonds. The fraction of sp³-hybridized carbons (Fsp3) is 0.316. The van der Waals surface area contributed by atoms with E-state index in [0.29, 0.717) is 6.04 Å². The maximum Gasteiger partial charge on any atom is 0.0887 e. The van der Waals surface area contributed by atoms with Gasteiger partial charge in [0.15, 0.2) is 0 Å². The predicted molar refractivity (Wildman–Crippen MR) is 86.4 cm³/mol. The van der Waals surface area contributed by atoms with Crippen LogP contribution in [0.15, 0.2) is 54.6 Å². The lowest BCUT2D eigenvalue weighted by Gasteiger charge is -2.38. The van der Waals surface area contributed by atoms with Crippen molar-refractivity contribution in [2.24, 2.45) is 0 Å². The minimum atomic E-state index is -0.0835. The summed E-state index contributed by atoms with van der Waals surface area (Å²) < 4.78 is 0. The summed E-state index contributed by atoms with van der Waals surface area (Å²) in [7, 11) is 0. The average Bonchev–Trinajstić information content (AvgIpc) is 2.55. The molecule has 21 heavy (non-hydrogen) atoms. The number of anilines is 1. The zero-order chi connectivity index (χ0) is 14.7. The molecule has 0 fully saturated rings. The van der Waals surface area contributed by atoms with Crippen molar-refractivity contribution in [2.75, 3.05) is 11.4 Å². The van der Waals surface area contributed by atoms with Gasteiger partial charge in [0.2, 0.25) is 0 Å². The van der Waals surface area contributed by atoms with Crippen molar-refractivity contribution in [1.29, 1.82) is 5.26 Å². The number of aryl methyl sites for hydroxylation is 1. The summed E-state index contributed by atoms with van der Waals surface area (Å²) in [6.45, 7) is 3.02. The summed E-state index contributed by atoms with van der Waals surface area (Å²) in [4.78, 5) is 2.40. The lowest BCUT2D eigenvalue weighted by Crippen LogP contribution is -2.39. The molecule has 0 bridgehead atoms. The van der Waals surface area contributed by atoms with Crippen LogP contribution in [-0.2, 0) is 6.42 Å². The van der Waals surface area contributed by atoms with E-state index < -0.39 is 0 Å². The zero-order valence-corrected chi connectivity index (χ0v) is 12.4. The van der Waals surface area contributed by atoms with Gasteiger partial charge in [0.05, 0.1) is 12.0 Å². The molecule has 2 aromatic rings. The van der Waals surface area contributed by atoms with Gasteiger partial charge in [-0.3, -0.25) is 0 Å². The van der Waals surface area contributed by atoms with Gasteiger partial charge in [-0.1, -0.05) is 48.5 Å². The van der Waals surface area contributed by atoms with Crippen LogP contribution in [0.3, 0.4) is 0 Å². The van der Waals surface area contributed by atoms with Crippen molar-refractivity contribution >= 4 is 5.69 Å². The van der Waals surface area contributed by atoms with E-state index in [0.717, 1.165) is 24.9 Å². The fourth-order valence-electron chi connectivity index (χ4n) is 3.14. The molecule has 0 radical (unpaired) electrons. The summed E-state index contributed by atoms with van der Waals surface area (Å²) in [5.74, 6) is -0.0835. The first-order valence-electron chi connectivity index (χ1n) is 7.58. The Labute approximate surface area is 126 Å². The minimum absolute atomic E-state index is 0.0835. The Balaban J connectivity index is 1.88. The molecule has 0 aromatic heterocycles. The quantitative estimate of drug-likeness (QED) is 0.842. The Kier molecular flexibility index (Phi) is 3.92. The normalized spacial score (nSPS) is 18.7. The Morgan fingerprint density at radius 3 is 2.62 bits per heavy atom. The zero-order valence-electron chi connectivity index (χ0n) is 12.4. The first-order chi connectivity index (χ1) is 10.3. The summed E-state index contributed by atoms with van der Waals surface area (Å²) in [5, 5.41) is 9.57. The number of rotatable bonds is 3. The molecule has 0 N–H and O–H groups in total. The molecule has 2 heteroatoms. The first kappa shape index (κ1) is 13.7. The van der Waals surface area contributed by atoms with Crippen LogP contribution in [0.2, 0.25) is 0 Å². The predicted octanol–water partition coefficient (Wildman–Crippen LogP) is 4.14. The van der Waals surface area contributed by atoms with Crippen molar-refractivity contribution in [1.82, 2.24) is 0 Å². The van der Waals surface area contributed by atoms with E-state index in [-0.39, 0.29) is 5.92 Å². The van der Waals surface area contributed by atoms with Crippen molar-refractivity contribution in [3.05, 3.63) is 65.7 Å². The highest BCUT2D eigenvalue weighted by molar-refractivity contribution is 5.57. The third kappa shape index (κ3) is 2.78. The molecule has 106 valence electrons. The van der Waals surface area contributed by atoms with Gasteiger partial charge < -0.3 is 4.90 Å². The summed E-state index contributed by atoms with van der Waals surface area (Å²) in [6, 6.07) is 21.7. The number of nitrogens with zero attached hydrogens (tertiary/aromatic N) is 2. The summed E-state index contributed by atoms with van der Waals surface area (Å²) >= 11 is 0. The largest absolute Gasteiger partial charge is 0.367 e. The molecule has 1 heterocycles. The third-order valence-electron chi connectivity index (χ3n) is 4.40. The Bertz CT molecular complexity index is 642. The molecule has 0 spiro atoms. The maximum absolute atomic E-state index is 9.57. The topological polar surface area (TPSA) is 27.0 Å². The molecular formula is C19H20N2. The Morgan fingerprint density at radius 1 is 1.14 bits per heavy atom. The van der Waals surface area contributed by atoms with E-state index >= 15 is 0 Å². The second-order valence-corrected chi connectivity index (χ2v) is 5.76. The molecule has 2 aromatic carbocycles. The van der Waals surface area contributed by atoms with Gasteiger partial charge in [-0.2, -0.15) is 5.26 Å². The van der Waals surface area contributed by atoms with Crippen LogP contribution in [0.4, 0.5) is 5.69 Å². The van der Waals surface area contributed by atoms with E-state index in [1.165, 1.54) is 11.3 Å². The van der Waals surface area contributed by atoms with Crippen molar-refractivity contribution in [2.45, 2.75) is 31.7 Å². The highest BCUT2D eigenvalue weighted by Crippen LogP contribution is 2.32. The number of fused-ring (bicyclic) bond motifs is 1. The van der Waals surface area contributed by atoms with Crippen molar-refractivity contribution in [3.63, 3.8) is 0 Å². The lowest BCUT2D eigenvalue weighted by atomic mass is 9.93. The van der Waals surface area contributed by atoms with Crippen molar-refractivity contribution < 1.29 is 0 Å². The van der Waals surface area contributed by atoms with Crippen LogP contribution in [0.25, 0.3) is 0 Å². The summed E-state index contributed by atoms with van der Waals surface area (Å²) in [6.07, 6.45) is 2.29. The standard InChI is InChI=1S/C19H20N2/c1-15-11-12-17-9-5-6-10-19(17)21(15)14-18(13-20)16-7-3-2-4-8-16/h2-10,15,18H,11-12,14H2,1H3. The van der Waals surface area contributed by atoms with Crippen LogP contribution >= 0.6 is 0 Å². The van der Waals surface area contributed by atoms with Gasteiger partial charge in [-0.05, 0) is 37.0 Å². The summed E-state index contributed by atoms with van der Waals surface area (Å²) in [5.41, 5.74) is 3.81. The van der Waals surface area contributed by atoms with Crippen LogP contribution in [-0.4, -0.2) is 12.6 Å². The van der Waals surface area contributed by atoms with Gasteiger partial charge in [0.25, 0.3) is 0 Å². The molecule has 0 saturated heterocycles. The fourth-order valence-corrected chi connectivity index (χ4v) is 3.14. The number of para-hydroxylation sites is 1. The smallest absolute Gasteiger partial charge is 0.0887 e. The molecule has 0 aliphatic carbocycles. The lowest BCUT2D eigenvalue weighted by molar-refractivity contribution is 0.551. The Hall–Kier alpha value is -2.27. The van der Waals surface area contributed by atoms with Crippen LogP contribution in [0, 0.1) is 11.3 Å². The molecule has 0 saturated carbocycles. The number of nitriles is 1. The molecule has 1 aliphatic rings. The first-order valence-corrected chi connectivity index (χ1v) is 7.58. The molecular weight excluding hydrogens is 256 g/mol. The second kappa shape index (κ2) is 6.01. The van der Waals surface area contributed by atoms with E-state index in [4.69, 9.17) is 0 Å². The monoisotopic (exact) mass is 276 g/mol.